The Hall–Kier alpha value is -2.03. The molecule has 2 aromatic rings. The van der Waals surface area contributed by atoms with Crippen LogP contribution >= 0.6 is 0 Å². The van der Waals surface area contributed by atoms with E-state index in [1.807, 2.05) is 30.3 Å². The van der Waals surface area contributed by atoms with Gasteiger partial charge in [-0.2, -0.15) is 0 Å². The summed E-state index contributed by atoms with van der Waals surface area (Å²) in [5, 5.41) is 9.52. The molecule has 0 aliphatic carbocycles. The Morgan fingerprint density at radius 1 is 1.33 bits per heavy atom. The van der Waals surface area contributed by atoms with E-state index in [1.54, 1.807) is 23.0 Å². The van der Waals surface area contributed by atoms with Gasteiger partial charge in [-0.1, -0.05) is 36.4 Å². The third kappa shape index (κ3) is 1.76. The summed E-state index contributed by atoms with van der Waals surface area (Å²) in [5.41, 5.74) is 1.07. The van der Waals surface area contributed by atoms with E-state index in [1.165, 1.54) is 0 Å². The second-order valence-electron chi connectivity index (χ2n) is 3.23. The maximum atomic E-state index is 9.52. The van der Waals surface area contributed by atoms with Gasteiger partial charge in [-0.3, -0.25) is 4.57 Å². The van der Waals surface area contributed by atoms with Crippen LogP contribution in [-0.2, 0) is 0 Å². The van der Waals surface area contributed by atoms with E-state index in [2.05, 4.69) is 11.6 Å². The number of benzene rings is 1. The number of rotatable bonds is 3. The van der Waals surface area contributed by atoms with Crippen molar-refractivity contribution in [2.75, 3.05) is 0 Å². The van der Waals surface area contributed by atoms with Crippen molar-refractivity contribution in [1.82, 2.24) is 9.55 Å². The van der Waals surface area contributed by atoms with Crippen molar-refractivity contribution < 1.29 is 5.11 Å². The van der Waals surface area contributed by atoms with Gasteiger partial charge >= 0.3 is 0 Å². The molecule has 1 heterocycles. The van der Waals surface area contributed by atoms with Crippen molar-refractivity contribution in [3.05, 3.63) is 60.9 Å². The predicted octanol–water partition coefficient (Wildman–Crippen LogP) is 2.36. The molecule has 0 amide bonds. The number of nitrogens with zero attached hydrogens (tertiary/aromatic N) is 2. The fraction of sp³-hybridized carbons (Fsp3) is 0.0833. The van der Waals surface area contributed by atoms with Crippen molar-refractivity contribution in [2.45, 2.75) is 6.04 Å². The van der Waals surface area contributed by atoms with E-state index in [0.717, 1.165) is 5.56 Å². The summed E-state index contributed by atoms with van der Waals surface area (Å²) in [7, 11) is 0. The number of aromatic nitrogens is 2. The number of allylic oxidation sites excluding steroid dienone is 1. The number of aromatic hydroxyl groups is 1. The molecule has 1 N–H and O–H groups in total. The molecular weight excluding hydrogens is 188 g/mol. The van der Waals surface area contributed by atoms with Gasteiger partial charge in [0.2, 0.25) is 0 Å². The Labute approximate surface area is 88.3 Å². The lowest BCUT2D eigenvalue weighted by Crippen LogP contribution is -2.05. The summed E-state index contributed by atoms with van der Waals surface area (Å²) in [6.45, 7) is 3.77. The standard InChI is InChI=1S/C12H12N2O/c1-2-11(10-6-4-3-5-7-10)14-9-8-13-12(14)15/h2-9,11H,1H2,(H,13,15). The zero-order chi connectivity index (χ0) is 10.7. The highest BCUT2D eigenvalue weighted by molar-refractivity contribution is 5.25. The van der Waals surface area contributed by atoms with Crippen molar-refractivity contribution in [3.8, 4) is 6.01 Å². The summed E-state index contributed by atoms with van der Waals surface area (Å²) in [5.74, 6) is 0. The molecule has 0 saturated heterocycles. The molecule has 0 bridgehead atoms. The largest absolute Gasteiger partial charge is 0.480 e. The van der Waals surface area contributed by atoms with E-state index >= 15 is 0 Å². The quantitative estimate of drug-likeness (QED) is 0.772. The average molecular weight is 200 g/mol. The molecule has 2 rings (SSSR count). The molecule has 0 radical (unpaired) electrons. The zero-order valence-corrected chi connectivity index (χ0v) is 8.24. The first-order valence-electron chi connectivity index (χ1n) is 4.72. The van der Waals surface area contributed by atoms with Gasteiger partial charge in [-0.05, 0) is 5.56 Å². The van der Waals surface area contributed by atoms with Gasteiger partial charge in [0.25, 0.3) is 6.01 Å². The van der Waals surface area contributed by atoms with Crippen LogP contribution < -0.4 is 0 Å². The minimum atomic E-state index is -0.0753. The van der Waals surface area contributed by atoms with E-state index in [4.69, 9.17) is 0 Å². The molecule has 0 spiro atoms. The van der Waals surface area contributed by atoms with E-state index in [0.29, 0.717) is 0 Å². The topological polar surface area (TPSA) is 38.0 Å². The van der Waals surface area contributed by atoms with Crippen LogP contribution in [0.25, 0.3) is 0 Å². The fourth-order valence-electron chi connectivity index (χ4n) is 1.58. The number of hydrogen-bond acceptors (Lipinski definition) is 2. The van der Waals surface area contributed by atoms with Gasteiger partial charge in [0.15, 0.2) is 0 Å². The van der Waals surface area contributed by atoms with Crippen molar-refractivity contribution >= 4 is 0 Å². The van der Waals surface area contributed by atoms with Crippen molar-refractivity contribution in [2.24, 2.45) is 0 Å². The molecule has 15 heavy (non-hydrogen) atoms. The SMILES string of the molecule is C=CC(c1ccccc1)n1ccnc1O. The van der Waals surface area contributed by atoms with Gasteiger partial charge < -0.3 is 5.11 Å². The van der Waals surface area contributed by atoms with E-state index in [9.17, 15) is 5.11 Å². The molecule has 3 nitrogen and oxygen atoms in total. The molecule has 0 aliphatic heterocycles. The van der Waals surface area contributed by atoms with Gasteiger partial charge in [0.05, 0.1) is 6.04 Å². The highest BCUT2D eigenvalue weighted by atomic mass is 16.3. The van der Waals surface area contributed by atoms with Crippen molar-refractivity contribution in [1.29, 1.82) is 0 Å². The molecule has 1 aromatic heterocycles. The third-order valence-electron chi connectivity index (χ3n) is 2.31. The van der Waals surface area contributed by atoms with E-state index < -0.39 is 0 Å². The Bertz CT molecular complexity index is 448. The van der Waals surface area contributed by atoms with E-state index in [-0.39, 0.29) is 12.1 Å². The first-order valence-corrected chi connectivity index (χ1v) is 4.72. The van der Waals surface area contributed by atoms with Gasteiger partial charge in [0.1, 0.15) is 0 Å². The lowest BCUT2D eigenvalue weighted by atomic mass is 10.1. The van der Waals surface area contributed by atoms with Crippen molar-refractivity contribution in [3.63, 3.8) is 0 Å². The average Bonchev–Trinajstić information content (AvgIpc) is 2.68. The van der Waals surface area contributed by atoms with Gasteiger partial charge in [-0.15, -0.1) is 6.58 Å². The molecular formula is C12H12N2O. The minimum Gasteiger partial charge on any atom is -0.480 e. The summed E-state index contributed by atoms with van der Waals surface area (Å²) in [6.07, 6.45) is 5.07. The Balaban J connectivity index is 2.42. The third-order valence-corrected chi connectivity index (χ3v) is 2.31. The highest BCUT2D eigenvalue weighted by Crippen LogP contribution is 2.22. The summed E-state index contributed by atoms with van der Waals surface area (Å²) in [4.78, 5) is 3.78. The Morgan fingerprint density at radius 3 is 2.60 bits per heavy atom. The second kappa shape index (κ2) is 4.00. The predicted molar refractivity (Wildman–Crippen MR) is 58.7 cm³/mol. The van der Waals surface area contributed by atoms with Crippen LogP contribution in [0, 0.1) is 0 Å². The summed E-state index contributed by atoms with van der Waals surface area (Å²) < 4.78 is 1.67. The normalized spacial score (nSPS) is 12.3. The number of imidazole rings is 1. The monoisotopic (exact) mass is 200 g/mol. The van der Waals surface area contributed by atoms with Crippen LogP contribution in [-0.4, -0.2) is 14.7 Å². The Kier molecular flexibility index (Phi) is 2.54. The van der Waals surface area contributed by atoms with Crippen LogP contribution in [0.5, 0.6) is 6.01 Å². The molecule has 76 valence electrons. The lowest BCUT2D eigenvalue weighted by molar-refractivity contribution is 0.396. The van der Waals surface area contributed by atoms with Crippen LogP contribution in [0.4, 0.5) is 0 Å². The highest BCUT2D eigenvalue weighted by Gasteiger charge is 2.11. The molecule has 0 fully saturated rings. The lowest BCUT2D eigenvalue weighted by Gasteiger charge is -2.14. The fourth-order valence-corrected chi connectivity index (χ4v) is 1.58. The second-order valence-corrected chi connectivity index (χ2v) is 3.23. The molecule has 0 aliphatic rings. The van der Waals surface area contributed by atoms with Crippen LogP contribution in [0.2, 0.25) is 0 Å². The Morgan fingerprint density at radius 2 is 2.07 bits per heavy atom. The van der Waals surface area contributed by atoms with Gasteiger partial charge in [0, 0.05) is 12.4 Å². The minimum absolute atomic E-state index is 0.00348. The van der Waals surface area contributed by atoms with Crippen LogP contribution in [0.15, 0.2) is 55.4 Å². The van der Waals surface area contributed by atoms with Crippen LogP contribution in [0.3, 0.4) is 0 Å². The smallest absolute Gasteiger partial charge is 0.294 e. The maximum absolute atomic E-state index is 9.52. The molecule has 1 atom stereocenters. The number of hydrogen-bond donors (Lipinski definition) is 1. The van der Waals surface area contributed by atoms with Gasteiger partial charge in [-0.25, -0.2) is 4.98 Å². The summed E-state index contributed by atoms with van der Waals surface area (Å²) in [6, 6.07) is 9.78. The maximum Gasteiger partial charge on any atom is 0.294 e. The molecule has 1 unspecified atom stereocenters. The molecule has 0 saturated carbocycles. The molecule has 3 heteroatoms. The summed E-state index contributed by atoms with van der Waals surface area (Å²) >= 11 is 0. The first kappa shape index (κ1) is 9.52. The zero-order valence-electron chi connectivity index (χ0n) is 8.24. The first-order chi connectivity index (χ1) is 7.33. The van der Waals surface area contributed by atoms with Crippen LogP contribution in [0.1, 0.15) is 11.6 Å². The molecule has 1 aromatic carbocycles.